The van der Waals surface area contributed by atoms with E-state index in [4.69, 9.17) is 10.6 Å². The van der Waals surface area contributed by atoms with E-state index in [9.17, 15) is 4.79 Å². The Kier molecular flexibility index (Phi) is 4.03. The Labute approximate surface area is 123 Å². The first-order chi connectivity index (χ1) is 10.2. The van der Waals surface area contributed by atoms with Gasteiger partial charge in [0, 0.05) is 11.9 Å². The second kappa shape index (κ2) is 6.11. The summed E-state index contributed by atoms with van der Waals surface area (Å²) < 4.78 is 5.41. The molecule has 3 rings (SSSR count). The molecule has 1 fully saturated rings. The molecule has 1 unspecified atom stereocenters. The van der Waals surface area contributed by atoms with Crippen LogP contribution in [0.25, 0.3) is 10.8 Å². The second-order valence-electron chi connectivity index (χ2n) is 5.25. The maximum Gasteiger partial charge on any atom is 0.413 e. The molecule has 1 aliphatic heterocycles. The van der Waals surface area contributed by atoms with Crippen LogP contribution in [-0.4, -0.2) is 23.9 Å². The van der Waals surface area contributed by atoms with Crippen molar-refractivity contribution < 1.29 is 9.53 Å². The number of nitrogens with two attached hydrogens (primary N) is 1. The molecule has 110 valence electrons. The van der Waals surface area contributed by atoms with Gasteiger partial charge in [-0.1, -0.05) is 36.4 Å². The first kappa shape index (κ1) is 13.9. The number of anilines is 1. The lowest BCUT2D eigenvalue weighted by molar-refractivity contribution is -0.0321. The number of rotatable bonds is 2. The van der Waals surface area contributed by atoms with Gasteiger partial charge in [-0.15, -0.1) is 0 Å². The predicted octanol–water partition coefficient (Wildman–Crippen LogP) is 3.07. The van der Waals surface area contributed by atoms with Crippen molar-refractivity contribution in [2.24, 2.45) is 5.84 Å². The first-order valence-electron chi connectivity index (χ1n) is 7.21. The number of carbonyl (C=O) groups is 1. The van der Waals surface area contributed by atoms with Crippen molar-refractivity contribution in [2.45, 2.75) is 25.5 Å². The molecule has 0 saturated carbocycles. The fourth-order valence-corrected chi connectivity index (χ4v) is 2.65. The molecule has 21 heavy (non-hydrogen) atoms. The molecule has 0 aromatic heterocycles. The molecular formula is C16H19N3O2. The van der Waals surface area contributed by atoms with E-state index in [0.29, 0.717) is 0 Å². The highest BCUT2D eigenvalue weighted by atomic mass is 16.6. The number of hydrogen-bond donors (Lipinski definition) is 2. The molecule has 1 amide bonds. The third-order valence-corrected chi connectivity index (χ3v) is 3.76. The summed E-state index contributed by atoms with van der Waals surface area (Å²) in [6.45, 7) is 0.756. The molecule has 0 bridgehead atoms. The number of amides is 1. The number of carbonyl (C=O) groups excluding carboxylic acids is 1. The van der Waals surface area contributed by atoms with Gasteiger partial charge >= 0.3 is 6.09 Å². The van der Waals surface area contributed by atoms with Crippen LogP contribution < -0.4 is 11.2 Å². The first-order valence-corrected chi connectivity index (χ1v) is 7.21. The number of hydrogen-bond acceptors (Lipinski definition) is 4. The van der Waals surface area contributed by atoms with Crippen LogP contribution in [0.2, 0.25) is 0 Å². The van der Waals surface area contributed by atoms with Gasteiger partial charge in [0.25, 0.3) is 0 Å². The summed E-state index contributed by atoms with van der Waals surface area (Å²) in [7, 11) is 0. The van der Waals surface area contributed by atoms with Crippen molar-refractivity contribution in [1.29, 1.82) is 0 Å². The van der Waals surface area contributed by atoms with Crippen molar-refractivity contribution in [3.8, 4) is 0 Å². The quantitative estimate of drug-likeness (QED) is 0.832. The Morgan fingerprint density at radius 1 is 1.19 bits per heavy atom. The van der Waals surface area contributed by atoms with Crippen molar-refractivity contribution in [1.82, 2.24) is 5.01 Å². The molecule has 3 N–H and O–H groups in total. The van der Waals surface area contributed by atoms with Crippen LogP contribution in [0.15, 0.2) is 42.5 Å². The van der Waals surface area contributed by atoms with E-state index in [1.165, 1.54) is 0 Å². The van der Waals surface area contributed by atoms with E-state index in [1.807, 2.05) is 42.5 Å². The Morgan fingerprint density at radius 3 is 2.86 bits per heavy atom. The monoisotopic (exact) mass is 285 g/mol. The van der Waals surface area contributed by atoms with E-state index in [-0.39, 0.29) is 6.23 Å². The average Bonchev–Trinajstić information content (AvgIpc) is 2.50. The standard InChI is InChI=1S/C16H19N3O2/c17-19-11-4-3-10-15(19)21-16(20)18-14-9-5-7-12-6-1-2-8-13(12)14/h1-2,5-9,15H,3-4,10-11,17H2,(H,18,20). The summed E-state index contributed by atoms with van der Waals surface area (Å²) in [6.07, 6.45) is 2.04. The van der Waals surface area contributed by atoms with Gasteiger partial charge in [-0.3, -0.25) is 11.2 Å². The molecule has 2 aromatic rings. The molecular weight excluding hydrogens is 266 g/mol. The Bertz CT molecular complexity index is 639. The number of fused-ring (bicyclic) bond motifs is 1. The fraction of sp³-hybridized carbons (Fsp3) is 0.312. The SMILES string of the molecule is NN1CCCCC1OC(=O)Nc1cccc2ccccc12. The zero-order valence-electron chi connectivity index (χ0n) is 11.8. The van der Waals surface area contributed by atoms with Gasteiger partial charge < -0.3 is 4.74 Å². The lowest BCUT2D eigenvalue weighted by Crippen LogP contribution is -2.47. The van der Waals surface area contributed by atoms with Crippen molar-refractivity contribution in [3.63, 3.8) is 0 Å². The fourth-order valence-electron chi connectivity index (χ4n) is 2.65. The topological polar surface area (TPSA) is 67.6 Å². The van der Waals surface area contributed by atoms with E-state index in [2.05, 4.69) is 5.32 Å². The van der Waals surface area contributed by atoms with Gasteiger partial charge in [-0.25, -0.2) is 9.80 Å². The van der Waals surface area contributed by atoms with Crippen LogP contribution in [0, 0.1) is 0 Å². The van der Waals surface area contributed by atoms with Crippen molar-refractivity contribution in [2.75, 3.05) is 11.9 Å². The maximum atomic E-state index is 12.1. The van der Waals surface area contributed by atoms with E-state index in [0.717, 1.165) is 42.3 Å². The maximum absolute atomic E-state index is 12.1. The van der Waals surface area contributed by atoms with Crippen LogP contribution in [0.1, 0.15) is 19.3 Å². The third kappa shape index (κ3) is 3.15. The van der Waals surface area contributed by atoms with Gasteiger partial charge in [-0.2, -0.15) is 0 Å². The van der Waals surface area contributed by atoms with E-state index >= 15 is 0 Å². The summed E-state index contributed by atoms with van der Waals surface area (Å²) >= 11 is 0. The molecule has 1 heterocycles. The molecule has 5 heteroatoms. The van der Waals surface area contributed by atoms with Gasteiger partial charge in [0.15, 0.2) is 6.23 Å². The zero-order valence-corrected chi connectivity index (χ0v) is 11.8. The van der Waals surface area contributed by atoms with Crippen molar-refractivity contribution >= 4 is 22.6 Å². The minimum atomic E-state index is -0.464. The number of nitrogens with one attached hydrogen (secondary N) is 1. The van der Waals surface area contributed by atoms with E-state index < -0.39 is 6.09 Å². The van der Waals surface area contributed by atoms with Gasteiger partial charge in [0.1, 0.15) is 0 Å². The number of piperidine rings is 1. The number of benzene rings is 2. The second-order valence-corrected chi connectivity index (χ2v) is 5.25. The molecule has 1 saturated heterocycles. The summed E-state index contributed by atoms with van der Waals surface area (Å²) in [4.78, 5) is 12.1. The molecule has 5 nitrogen and oxygen atoms in total. The largest absolute Gasteiger partial charge is 0.429 e. The predicted molar refractivity (Wildman–Crippen MR) is 82.6 cm³/mol. The number of nitrogens with zero attached hydrogens (tertiary/aromatic N) is 1. The Morgan fingerprint density at radius 2 is 2.00 bits per heavy atom. The van der Waals surface area contributed by atoms with Gasteiger partial charge in [0.05, 0.1) is 5.69 Å². The lowest BCUT2D eigenvalue weighted by Gasteiger charge is -2.30. The molecule has 0 aliphatic carbocycles. The molecule has 0 spiro atoms. The highest BCUT2D eigenvalue weighted by Crippen LogP contribution is 2.23. The summed E-state index contributed by atoms with van der Waals surface area (Å²) in [5.74, 6) is 5.84. The smallest absolute Gasteiger partial charge is 0.413 e. The molecule has 0 radical (unpaired) electrons. The Balaban J connectivity index is 1.71. The van der Waals surface area contributed by atoms with Crippen LogP contribution in [0.3, 0.4) is 0 Å². The zero-order chi connectivity index (χ0) is 14.7. The lowest BCUT2D eigenvalue weighted by atomic mass is 10.1. The Hall–Kier alpha value is -2.11. The van der Waals surface area contributed by atoms with Gasteiger partial charge in [0.2, 0.25) is 0 Å². The number of hydrazine groups is 1. The van der Waals surface area contributed by atoms with Gasteiger partial charge in [-0.05, 0) is 30.7 Å². The summed E-state index contributed by atoms with van der Waals surface area (Å²) in [5, 5.41) is 6.47. The minimum Gasteiger partial charge on any atom is -0.429 e. The number of ether oxygens (including phenoxy) is 1. The van der Waals surface area contributed by atoms with Crippen LogP contribution in [0.5, 0.6) is 0 Å². The van der Waals surface area contributed by atoms with Crippen molar-refractivity contribution in [3.05, 3.63) is 42.5 Å². The molecule has 1 aliphatic rings. The molecule has 2 aromatic carbocycles. The van der Waals surface area contributed by atoms with Crippen LogP contribution >= 0.6 is 0 Å². The normalized spacial score (nSPS) is 19.4. The van der Waals surface area contributed by atoms with Crippen LogP contribution in [0.4, 0.5) is 10.5 Å². The van der Waals surface area contributed by atoms with E-state index in [1.54, 1.807) is 5.01 Å². The third-order valence-electron chi connectivity index (χ3n) is 3.76. The highest BCUT2D eigenvalue weighted by Gasteiger charge is 2.23. The minimum absolute atomic E-state index is 0.339. The highest BCUT2D eigenvalue weighted by molar-refractivity contribution is 6.00. The average molecular weight is 285 g/mol. The summed E-state index contributed by atoms with van der Waals surface area (Å²) in [6, 6.07) is 13.7. The van der Waals surface area contributed by atoms with Crippen LogP contribution in [-0.2, 0) is 4.74 Å². The summed E-state index contributed by atoms with van der Waals surface area (Å²) in [5.41, 5.74) is 0.748. The molecule has 1 atom stereocenters.